The fourth-order valence-corrected chi connectivity index (χ4v) is 2.09. The number of carbonyl (C=O) groups excluding carboxylic acids is 1. The van der Waals surface area contributed by atoms with E-state index in [0.717, 1.165) is 15.7 Å². The molecular weight excluding hydrogens is 214 g/mol. The Morgan fingerprint density at radius 3 is 3.00 bits per heavy atom. The zero-order valence-corrected chi connectivity index (χ0v) is 9.54. The number of hydroxylamine groups is 2. The van der Waals surface area contributed by atoms with Crippen LogP contribution in [-0.2, 0) is 4.84 Å². The minimum atomic E-state index is -0.243. The second-order valence-corrected chi connectivity index (χ2v) is 3.98. The van der Waals surface area contributed by atoms with Gasteiger partial charge in [-0.2, -0.15) is 0 Å². The molecule has 0 saturated carbocycles. The normalized spacial score (nSPS) is 10.9. The molecule has 0 saturated heterocycles. The van der Waals surface area contributed by atoms with E-state index in [1.54, 1.807) is 13.2 Å². The van der Waals surface area contributed by atoms with Crippen molar-refractivity contribution in [3.8, 4) is 0 Å². The number of fused-ring (bicyclic) bond motifs is 1. The molecular formula is C9H11N3O2S. The Labute approximate surface area is 90.9 Å². The van der Waals surface area contributed by atoms with E-state index in [9.17, 15) is 4.79 Å². The zero-order chi connectivity index (χ0) is 11.0. The maximum absolute atomic E-state index is 11.7. The van der Waals surface area contributed by atoms with Crippen LogP contribution in [0.1, 0.15) is 16.2 Å². The lowest BCUT2D eigenvalue weighted by Gasteiger charge is -2.10. The summed E-state index contributed by atoms with van der Waals surface area (Å²) < 4.78 is 1.89. The number of carbonyl (C=O) groups is 1. The number of amides is 1. The molecule has 5 nitrogen and oxygen atoms in total. The average Bonchev–Trinajstić information content (AvgIpc) is 2.79. The van der Waals surface area contributed by atoms with Crippen LogP contribution in [0, 0.1) is 6.92 Å². The zero-order valence-electron chi connectivity index (χ0n) is 8.72. The number of thiazole rings is 1. The van der Waals surface area contributed by atoms with Crippen molar-refractivity contribution in [2.24, 2.45) is 0 Å². The molecule has 0 unspecified atom stereocenters. The van der Waals surface area contributed by atoms with Gasteiger partial charge in [0, 0.05) is 24.3 Å². The summed E-state index contributed by atoms with van der Waals surface area (Å²) in [5.74, 6) is -0.243. The van der Waals surface area contributed by atoms with E-state index in [1.807, 2.05) is 16.7 Å². The van der Waals surface area contributed by atoms with Crippen LogP contribution in [-0.4, -0.2) is 34.5 Å². The maximum atomic E-state index is 11.7. The molecule has 0 aliphatic rings. The second-order valence-electron chi connectivity index (χ2n) is 3.14. The predicted molar refractivity (Wildman–Crippen MR) is 56.9 cm³/mol. The first-order valence-electron chi connectivity index (χ1n) is 4.39. The standard InChI is InChI=1S/C9H11N3O2S/c1-6-5-15-9-10-7(4-12(6)9)8(13)11(2)14-3/h4-5H,1-3H3. The second kappa shape index (κ2) is 3.63. The third-order valence-electron chi connectivity index (χ3n) is 2.17. The molecule has 0 aromatic carbocycles. The van der Waals surface area contributed by atoms with Gasteiger partial charge >= 0.3 is 0 Å². The van der Waals surface area contributed by atoms with E-state index in [-0.39, 0.29) is 5.91 Å². The molecule has 0 aliphatic heterocycles. The number of aromatic nitrogens is 2. The first-order chi connectivity index (χ1) is 7.13. The van der Waals surface area contributed by atoms with Crippen LogP contribution in [0.4, 0.5) is 0 Å². The smallest absolute Gasteiger partial charge is 0.294 e. The highest BCUT2D eigenvalue weighted by Crippen LogP contribution is 2.16. The minimum Gasteiger partial charge on any atom is -0.294 e. The van der Waals surface area contributed by atoms with Crippen molar-refractivity contribution in [3.63, 3.8) is 0 Å². The molecule has 2 aromatic heterocycles. The van der Waals surface area contributed by atoms with Gasteiger partial charge in [0.2, 0.25) is 0 Å². The summed E-state index contributed by atoms with van der Waals surface area (Å²) in [5.41, 5.74) is 1.47. The molecule has 0 aliphatic carbocycles. The Morgan fingerprint density at radius 2 is 2.40 bits per heavy atom. The molecule has 0 bridgehead atoms. The Bertz CT molecular complexity index is 502. The van der Waals surface area contributed by atoms with Crippen LogP contribution >= 0.6 is 11.3 Å². The van der Waals surface area contributed by atoms with E-state index in [1.165, 1.54) is 18.4 Å². The topological polar surface area (TPSA) is 46.8 Å². The van der Waals surface area contributed by atoms with Crippen LogP contribution in [0.15, 0.2) is 11.6 Å². The number of hydrogen-bond acceptors (Lipinski definition) is 4. The molecule has 2 heterocycles. The van der Waals surface area contributed by atoms with E-state index < -0.39 is 0 Å². The number of hydrogen-bond donors (Lipinski definition) is 0. The molecule has 0 radical (unpaired) electrons. The number of aryl methyl sites for hydroxylation is 1. The molecule has 6 heteroatoms. The van der Waals surface area contributed by atoms with Gasteiger partial charge in [-0.05, 0) is 6.92 Å². The highest BCUT2D eigenvalue weighted by Gasteiger charge is 2.16. The van der Waals surface area contributed by atoms with E-state index in [2.05, 4.69) is 4.98 Å². The van der Waals surface area contributed by atoms with Crippen molar-refractivity contribution in [2.75, 3.05) is 14.2 Å². The van der Waals surface area contributed by atoms with Crippen LogP contribution in [0.2, 0.25) is 0 Å². The van der Waals surface area contributed by atoms with Crippen molar-refractivity contribution in [2.45, 2.75) is 6.92 Å². The largest absolute Gasteiger partial charge is 0.297 e. The first-order valence-corrected chi connectivity index (χ1v) is 5.27. The third kappa shape index (κ3) is 1.62. The lowest BCUT2D eigenvalue weighted by molar-refractivity contribution is -0.0760. The van der Waals surface area contributed by atoms with Crippen molar-refractivity contribution in [1.29, 1.82) is 0 Å². The summed E-state index contributed by atoms with van der Waals surface area (Å²) in [5, 5.41) is 3.15. The van der Waals surface area contributed by atoms with Gasteiger partial charge in [-0.15, -0.1) is 11.3 Å². The summed E-state index contributed by atoms with van der Waals surface area (Å²) in [7, 11) is 3.00. The van der Waals surface area contributed by atoms with Gasteiger partial charge in [-0.1, -0.05) is 0 Å². The molecule has 15 heavy (non-hydrogen) atoms. The van der Waals surface area contributed by atoms with Gasteiger partial charge < -0.3 is 0 Å². The van der Waals surface area contributed by atoms with E-state index >= 15 is 0 Å². The molecule has 2 aromatic rings. The van der Waals surface area contributed by atoms with Gasteiger partial charge in [0.05, 0.1) is 7.11 Å². The Balaban J connectivity index is 2.40. The monoisotopic (exact) mass is 225 g/mol. The number of rotatable bonds is 2. The minimum absolute atomic E-state index is 0.243. The lowest BCUT2D eigenvalue weighted by atomic mass is 10.4. The molecule has 1 amide bonds. The van der Waals surface area contributed by atoms with E-state index in [0.29, 0.717) is 5.69 Å². The van der Waals surface area contributed by atoms with Crippen LogP contribution in [0.3, 0.4) is 0 Å². The molecule has 0 spiro atoms. The highest BCUT2D eigenvalue weighted by atomic mass is 32.1. The Hall–Kier alpha value is -1.40. The van der Waals surface area contributed by atoms with E-state index in [4.69, 9.17) is 4.84 Å². The lowest BCUT2D eigenvalue weighted by Crippen LogP contribution is -2.25. The summed E-state index contributed by atoms with van der Waals surface area (Å²) in [4.78, 5) is 21.5. The summed E-state index contributed by atoms with van der Waals surface area (Å²) in [6.45, 7) is 1.97. The SMILES string of the molecule is CON(C)C(=O)c1cn2c(C)csc2n1. The maximum Gasteiger partial charge on any atom is 0.297 e. The number of nitrogens with zero attached hydrogens (tertiary/aromatic N) is 3. The van der Waals surface area contributed by atoms with Crippen molar-refractivity contribution >= 4 is 22.2 Å². The molecule has 2 rings (SSSR count). The van der Waals surface area contributed by atoms with Crippen LogP contribution < -0.4 is 0 Å². The number of imidazole rings is 1. The quantitative estimate of drug-likeness (QED) is 0.724. The van der Waals surface area contributed by atoms with Crippen molar-refractivity contribution < 1.29 is 9.63 Å². The van der Waals surface area contributed by atoms with Gasteiger partial charge in [0.15, 0.2) is 4.96 Å². The highest BCUT2D eigenvalue weighted by molar-refractivity contribution is 7.15. The van der Waals surface area contributed by atoms with Crippen LogP contribution in [0.5, 0.6) is 0 Å². The fourth-order valence-electron chi connectivity index (χ4n) is 1.24. The Kier molecular flexibility index (Phi) is 2.45. The predicted octanol–water partition coefficient (Wildman–Crippen LogP) is 1.34. The van der Waals surface area contributed by atoms with Gasteiger partial charge in [-0.3, -0.25) is 14.0 Å². The summed E-state index contributed by atoms with van der Waals surface area (Å²) >= 11 is 1.51. The molecule has 0 atom stereocenters. The fraction of sp³-hybridized carbons (Fsp3) is 0.333. The molecule has 0 N–H and O–H groups in total. The third-order valence-corrected chi connectivity index (χ3v) is 3.13. The molecule has 80 valence electrons. The summed E-state index contributed by atoms with van der Waals surface area (Å²) in [6.07, 6.45) is 1.72. The van der Waals surface area contributed by atoms with Gasteiger partial charge in [0.25, 0.3) is 5.91 Å². The Morgan fingerprint density at radius 1 is 1.67 bits per heavy atom. The van der Waals surface area contributed by atoms with Gasteiger partial charge in [-0.25, -0.2) is 10.0 Å². The van der Waals surface area contributed by atoms with Gasteiger partial charge in [0.1, 0.15) is 5.69 Å². The molecule has 0 fully saturated rings. The van der Waals surface area contributed by atoms with Crippen molar-refractivity contribution in [1.82, 2.24) is 14.4 Å². The van der Waals surface area contributed by atoms with Crippen LogP contribution in [0.25, 0.3) is 4.96 Å². The first kappa shape index (κ1) is 10.1. The average molecular weight is 225 g/mol. The van der Waals surface area contributed by atoms with Crippen molar-refractivity contribution in [3.05, 3.63) is 23.0 Å². The summed E-state index contributed by atoms with van der Waals surface area (Å²) in [6, 6.07) is 0.